The summed E-state index contributed by atoms with van der Waals surface area (Å²) in [5, 5.41) is 9.43. The Kier molecular flexibility index (Phi) is 4.05. The molecule has 0 aromatic heterocycles. The van der Waals surface area contributed by atoms with Gasteiger partial charge in [-0.3, -0.25) is 4.79 Å². The van der Waals surface area contributed by atoms with Crippen LogP contribution < -0.4 is 16.0 Å². The number of anilines is 1. The van der Waals surface area contributed by atoms with Crippen molar-refractivity contribution in [2.75, 3.05) is 11.9 Å². The van der Waals surface area contributed by atoms with Crippen LogP contribution in [0, 0.1) is 0 Å². The molecular weight excluding hydrogens is 262 g/mol. The molecule has 4 heteroatoms. The molecule has 3 N–H and O–H groups in total. The second kappa shape index (κ2) is 6.31. The van der Waals surface area contributed by atoms with Crippen LogP contribution in [0.4, 0.5) is 5.69 Å². The van der Waals surface area contributed by atoms with Gasteiger partial charge >= 0.3 is 0 Å². The average molecular weight is 281 g/mol. The Balaban J connectivity index is 1.54. The molecule has 2 aliphatic rings. The summed E-state index contributed by atoms with van der Waals surface area (Å²) in [6.45, 7) is 0.631. The van der Waals surface area contributed by atoms with E-state index in [0.29, 0.717) is 12.1 Å². The minimum absolute atomic E-state index is 0.0527. The largest absolute Gasteiger partial charge is 0.380 e. The smallest absolute Gasteiger partial charge is 0.252 e. The topological polar surface area (TPSA) is 53.2 Å². The van der Waals surface area contributed by atoms with E-state index in [-0.39, 0.29) is 11.9 Å². The van der Waals surface area contributed by atoms with Gasteiger partial charge in [-0.25, -0.2) is 0 Å². The maximum absolute atomic E-state index is 12.1. The van der Waals surface area contributed by atoms with E-state index < -0.39 is 0 Å². The normalized spacial score (nSPS) is 19.6. The highest BCUT2D eigenvalue weighted by Gasteiger charge is 2.18. The molecule has 1 amide bonds. The minimum atomic E-state index is -0.0527. The zero-order valence-corrected chi connectivity index (χ0v) is 11.8. The highest BCUT2D eigenvalue weighted by atomic mass is 16.1. The number of carbonyl (C=O) groups is 1. The number of benzene rings is 1. The van der Waals surface area contributed by atoms with Crippen LogP contribution in [0.15, 0.2) is 60.5 Å². The number of hydrogen-bond acceptors (Lipinski definition) is 3. The number of nitrogens with one attached hydrogen (secondary N) is 3. The van der Waals surface area contributed by atoms with Gasteiger partial charge in [0.25, 0.3) is 5.91 Å². The number of fused-ring (bicyclic) bond motifs is 1. The Hall–Kier alpha value is -2.49. The van der Waals surface area contributed by atoms with Crippen molar-refractivity contribution in [3.8, 4) is 0 Å². The van der Waals surface area contributed by atoms with E-state index in [1.54, 1.807) is 18.5 Å². The fraction of sp³-hybridized carbons (Fsp3) is 0.235. The number of para-hydroxylation sites is 1. The lowest BCUT2D eigenvalue weighted by molar-refractivity contribution is -0.117. The fourth-order valence-electron chi connectivity index (χ4n) is 2.57. The van der Waals surface area contributed by atoms with Gasteiger partial charge in [0.15, 0.2) is 0 Å². The standard InChI is InChI=1S/C17H19N3O/c21-17(14-6-3-4-10-18-11-14)19-12-15-9-8-13-5-1-2-7-16(13)20-15/h1-7,10-11,15,18,20H,8-9,12H2,(H,19,21). The van der Waals surface area contributed by atoms with Crippen molar-refractivity contribution in [2.45, 2.75) is 18.9 Å². The van der Waals surface area contributed by atoms with Crippen LogP contribution in [0.2, 0.25) is 0 Å². The number of aryl methyl sites for hydroxylation is 1. The van der Waals surface area contributed by atoms with Crippen molar-refractivity contribution in [3.05, 3.63) is 66.0 Å². The summed E-state index contributed by atoms with van der Waals surface area (Å²) in [5.74, 6) is -0.0527. The third-order valence-corrected chi connectivity index (χ3v) is 3.73. The molecule has 0 aliphatic carbocycles. The number of allylic oxidation sites excluding steroid dienone is 2. The van der Waals surface area contributed by atoms with Gasteiger partial charge < -0.3 is 16.0 Å². The summed E-state index contributed by atoms with van der Waals surface area (Å²) in [7, 11) is 0. The molecule has 4 nitrogen and oxygen atoms in total. The van der Waals surface area contributed by atoms with Gasteiger partial charge in [-0.2, -0.15) is 0 Å². The van der Waals surface area contributed by atoms with Gasteiger partial charge in [0.2, 0.25) is 0 Å². The molecule has 0 fully saturated rings. The van der Waals surface area contributed by atoms with E-state index in [1.165, 1.54) is 11.3 Å². The molecule has 0 radical (unpaired) electrons. The van der Waals surface area contributed by atoms with Crippen LogP contribution in [0.1, 0.15) is 12.0 Å². The van der Waals surface area contributed by atoms with Crippen LogP contribution in [-0.2, 0) is 11.2 Å². The SMILES string of the molecule is O=C(NCC1CCc2ccccc2N1)C1=CNC=CC=C1. The van der Waals surface area contributed by atoms with Crippen LogP contribution in [-0.4, -0.2) is 18.5 Å². The number of rotatable bonds is 3. The predicted molar refractivity (Wildman–Crippen MR) is 84.7 cm³/mol. The van der Waals surface area contributed by atoms with Crippen molar-refractivity contribution >= 4 is 11.6 Å². The Morgan fingerprint density at radius 2 is 2.19 bits per heavy atom. The van der Waals surface area contributed by atoms with Crippen LogP contribution in [0.3, 0.4) is 0 Å². The van der Waals surface area contributed by atoms with Gasteiger partial charge in [0, 0.05) is 30.7 Å². The van der Waals surface area contributed by atoms with Gasteiger partial charge in [-0.15, -0.1) is 0 Å². The van der Waals surface area contributed by atoms with Gasteiger partial charge in [-0.05, 0) is 36.6 Å². The Morgan fingerprint density at radius 3 is 3.14 bits per heavy atom. The molecule has 0 saturated heterocycles. The van der Waals surface area contributed by atoms with Crippen molar-refractivity contribution in [3.63, 3.8) is 0 Å². The first kappa shape index (κ1) is 13.5. The molecule has 0 saturated carbocycles. The molecule has 0 bridgehead atoms. The maximum Gasteiger partial charge on any atom is 0.252 e. The third-order valence-electron chi connectivity index (χ3n) is 3.73. The lowest BCUT2D eigenvalue weighted by Gasteiger charge is -2.27. The lowest BCUT2D eigenvalue weighted by atomic mass is 9.98. The molecule has 0 spiro atoms. The van der Waals surface area contributed by atoms with E-state index in [9.17, 15) is 4.79 Å². The Morgan fingerprint density at radius 1 is 1.29 bits per heavy atom. The summed E-state index contributed by atoms with van der Waals surface area (Å²) in [4.78, 5) is 12.1. The molecule has 1 aromatic rings. The van der Waals surface area contributed by atoms with Crippen LogP contribution in [0.5, 0.6) is 0 Å². The Bertz CT molecular complexity index is 616. The van der Waals surface area contributed by atoms with Crippen LogP contribution in [0.25, 0.3) is 0 Å². The van der Waals surface area contributed by atoms with E-state index >= 15 is 0 Å². The fourth-order valence-corrected chi connectivity index (χ4v) is 2.57. The molecule has 1 aromatic carbocycles. The number of hydrogen-bond donors (Lipinski definition) is 3. The summed E-state index contributed by atoms with van der Waals surface area (Å²) >= 11 is 0. The summed E-state index contributed by atoms with van der Waals surface area (Å²) < 4.78 is 0. The minimum Gasteiger partial charge on any atom is -0.380 e. The van der Waals surface area contributed by atoms with Gasteiger partial charge in [0.1, 0.15) is 0 Å². The van der Waals surface area contributed by atoms with Crippen molar-refractivity contribution in [1.29, 1.82) is 0 Å². The first-order valence-electron chi connectivity index (χ1n) is 7.25. The molecule has 3 rings (SSSR count). The summed E-state index contributed by atoms with van der Waals surface area (Å²) in [5.41, 5.74) is 3.17. The first-order valence-corrected chi connectivity index (χ1v) is 7.25. The second-order valence-electron chi connectivity index (χ2n) is 5.23. The molecule has 2 heterocycles. The maximum atomic E-state index is 12.1. The van der Waals surface area contributed by atoms with Gasteiger partial charge in [-0.1, -0.05) is 24.3 Å². The van der Waals surface area contributed by atoms with E-state index in [4.69, 9.17) is 0 Å². The second-order valence-corrected chi connectivity index (χ2v) is 5.23. The molecule has 1 atom stereocenters. The van der Waals surface area contributed by atoms with Crippen molar-refractivity contribution in [2.24, 2.45) is 0 Å². The van der Waals surface area contributed by atoms with Gasteiger partial charge in [0.05, 0.1) is 5.57 Å². The molecule has 21 heavy (non-hydrogen) atoms. The van der Waals surface area contributed by atoms with E-state index in [1.807, 2.05) is 18.2 Å². The zero-order chi connectivity index (χ0) is 14.5. The number of amides is 1. The quantitative estimate of drug-likeness (QED) is 0.795. The first-order chi connectivity index (χ1) is 10.3. The average Bonchev–Trinajstić information content (AvgIpc) is 2.81. The lowest BCUT2D eigenvalue weighted by Crippen LogP contribution is -2.39. The monoisotopic (exact) mass is 281 g/mol. The summed E-state index contributed by atoms with van der Waals surface area (Å²) in [6, 6.07) is 8.62. The molecule has 1 unspecified atom stereocenters. The number of carbonyl (C=O) groups excluding carboxylic acids is 1. The van der Waals surface area contributed by atoms with E-state index in [0.717, 1.165) is 12.8 Å². The molecule has 2 aliphatic heterocycles. The predicted octanol–water partition coefficient (Wildman–Crippen LogP) is 2.09. The third kappa shape index (κ3) is 3.34. The van der Waals surface area contributed by atoms with Crippen LogP contribution >= 0.6 is 0 Å². The zero-order valence-electron chi connectivity index (χ0n) is 11.8. The highest BCUT2D eigenvalue weighted by Crippen LogP contribution is 2.23. The van der Waals surface area contributed by atoms with Crippen molar-refractivity contribution < 1.29 is 4.79 Å². The van der Waals surface area contributed by atoms with Crippen molar-refractivity contribution in [1.82, 2.24) is 10.6 Å². The summed E-state index contributed by atoms with van der Waals surface area (Å²) in [6.07, 6.45) is 11.1. The molecule has 108 valence electrons. The molecular formula is C17H19N3O. The Labute approximate surface area is 124 Å². The highest BCUT2D eigenvalue weighted by molar-refractivity contribution is 5.96. The van der Waals surface area contributed by atoms with E-state index in [2.05, 4.69) is 34.1 Å².